The number of pyridine rings is 1. The number of hydrogen-bond donors (Lipinski definition) is 1. The Morgan fingerprint density at radius 1 is 1.12 bits per heavy atom. The zero-order valence-electron chi connectivity index (χ0n) is 13.7. The van der Waals surface area contributed by atoms with Gasteiger partial charge in [0, 0.05) is 23.5 Å². The van der Waals surface area contributed by atoms with Crippen LogP contribution in [0.4, 0.5) is 5.69 Å². The van der Waals surface area contributed by atoms with Crippen molar-refractivity contribution in [1.82, 2.24) is 4.98 Å². The fourth-order valence-electron chi connectivity index (χ4n) is 2.13. The van der Waals surface area contributed by atoms with Gasteiger partial charge in [0.2, 0.25) is 5.91 Å². The number of amides is 1. The van der Waals surface area contributed by atoms with E-state index in [4.69, 9.17) is 4.42 Å². The van der Waals surface area contributed by atoms with Gasteiger partial charge in [0.05, 0.1) is 0 Å². The van der Waals surface area contributed by atoms with Gasteiger partial charge in [0.15, 0.2) is 0 Å². The third-order valence-electron chi connectivity index (χ3n) is 3.29. The monoisotopic (exact) mass is 328 g/mol. The molecule has 4 nitrogen and oxygen atoms in total. The van der Waals surface area contributed by atoms with Crippen LogP contribution in [0.5, 0.6) is 0 Å². The maximum atomic E-state index is 12.0. The lowest BCUT2D eigenvalue weighted by Gasteiger charge is -2.02. The molecular formula is C21H16N2O2. The number of nitrogens with zero attached hydrogens (tertiary/aromatic N) is 1. The summed E-state index contributed by atoms with van der Waals surface area (Å²) in [5, 5.41) is 2.81. The normalized spacial score (nSPS) is 10.3. The molecule has 0 unspecified atom stereocenters. The zero-order chi connectivity index (χ0) is 17.5. The number of rotatable bonds is 3. The van der Waals surface area contributed by atoms with E-state index in [0.29, 0.717) is 17.1 Å². The molecule has 0 saturated heterocycles. The number of benzene rings is 1. The third-order valence-corrected chi connectivity index (χ3v) is 3.29. The highest BCUT2D eigenvalue weighted by molar-refractivity contribution is 6.01. The predicted octanol–water partition coefficient (Wildman–Crippen LogP) is 4.03. The van der Waals surface area contributed by atoms with E-state index in [-0.39, 0.29) is 5.91 Å². The Bertz CT molecular complexity index is 960. The quantitative estimate of drug-likeness (QED) is 0.583. The van der Waals surface area contributed by atoms with E-state index in [1.807, 2.05) is 61.5 Å². The number of aromatic nitrogens is 1. The number of furan rings is 1. The van der Waals surface area contributed by atoms with Crippen LogP contribution in [0.1, 0.15) is 22.8 Å². The van der Waals surface area contributed by atoms with E-state index in [9.17, 15) is 4.79 Å². The Labute approximate surface area is 146 Å². The minimum atomic E-state index is -0.233. The van der Waals surface area contributed by atoms with Gasteiger partial charge in [-0.15, -0.1) is 0 Å². The average Bonchev–Trinajstić information content (AvgIpc) is 3.05. The molecule has 0 aliphatic carbocycles. The van der Waals surface area contributed by atoms with Crippen LogP contribution in [0.2, 0.25) is 0 Å². The molecule has 0 aliphatic heterocycles. The van der Waals surface area contributed by atoms with Gasteiger partial charge < -0.3 is 9.73 Å². The molecule has 3 aromatic rings. The summed E-state index contributed by atoms with van der Waals surface area (Å²) in [6, 6.07) is 16.6. The molecule has 1 aromatic carbocycles. The first-order valence-corrected chi connectivity index (χ1v) is 7.78. The Hall–Kier alpha value is -3.58. The maximum Gasteiger partial charge on any atom is 0.248 e. The van der Waals surface area contributed by atoms with Gasteiger partial charge in [-0.05, 0) is 61.4 Å². The van der Waals surface area contributed by atoms with Crippen LogP contribution < -0.4 is 5.32 Å². The van der Waals surface area contributed by atoms with Crippen LogP contribution in [0.15, 0.2) is 71.3 Å². The second kappa shape index (κ2) is 7.80. The van der Waals surface area contributed by atoms with Gasteiger partial charge in [-0.25, -0.2) is 4.98 Å². The molecular weight excluding hydrogens is 312 g/mol. The smallest absolute Gasteiger partial charge is 0.248 e. The first-order chi connectivity index (χ1) is 12.2. The van der Waals surface area contributed by atoms with Crippen molar-refractivity contribution >= 4 is 17.7 Å². The summed E-state index contributed by atoms with van der Waals surface area (Å²) in [5.41, 5.74) is 2.18. The van der Waals surface area contributed by atoms with Crippen molar-refractivity contribution in [2.45, 2.75) is 6.92 Å². The van der Waals surface area contributed by atoms with Gasteiger partial charge in [-0.2, -0.15) is 0 Å². The number of carbonyl (C=O) groups excluding carboxylic acids is 1. The molecule has 0 radical (unpaired) electrons. The SMILES string of the molecule is Cc1ccc(/C=C\C(=O)Nc2cccc(C#Cc3ccccn3)c2)o1. The molecule has 0 saturated carbocycles. The molecule has 4 heteroatoms. The lowest BCUT2D eigenvalue weighted by molar-refractivity contribution is -0.111. The second-order valence-electron chi connectivity index (χ2n) is 5.32. The largest absolute Gasteiger partial charge is 0.462 e. The van der Waals surface area contributed by atoms with E-state index < -0.39 is 0 Å². The molecule has 0 spiro atoms. The molecule has 1 amide bonds. The number of hydrogen-bond acceptors (Lipinski definition) is 3. The molecule has 3 rings (SSSR count). The number of carbonyl (C=O) groups is 1. The van der Waals surface area contributed by atoms with Gasteiger partial charge in [-0.1, -0.05) is 18.1 Å². The lowest BCUT2D eigenvalue weighted by Crippen LogP contribution is -2.07. The van der Waals surface area contributed by atoms with Crippen molar-refractivity contribution in [1.29, 1.82) is 0 Å². The maximum absolute atomic E-state index is 12.0. The van der Waals surface area contributed by atoms with Crippen LogP contribution in [-0.4, -0.2) is 10.9 Å². The molecule has 0 bridgehead atoms. The summed E-state index contributed by atoms with van der Waals surface area (Å²) < 4.78 is 5.39. The first kappa shape index (κ1) is 16.3. The van der Waals surface area contributed by atoms with Crippen molar-refractivity contribution in [3.8, 4) is 11.8 Å². The lowest BCUT2D eigenvalue weighted by atomic mass is 10.2. The van der Waals surface area contributed by atoms with E-state index in [0.717, 1.165) is 11.3 Å². The van der Waals surface area contributed by atoms with Crippen molar-refractivity contribution in [2.75, 3.05) is 5.32 Å². The van der Waals surface area contributed by atoms with Crippen LogP contribution in [0.25, 0.3) is 6.08 Å². The van der Waals surface area contributed by atoms with E-state index in [2.05, 4.69) is 22.1 Å². The van der Waals surface area contributed by atoms with Crippen molar-refractivity contribution in [2.24, 2.45) is 0 Å². The van der Waals surface area contributed by atoms with Gasteiger partial charge in [0.25, 0.3) is 0 Å². The molecule has 2 aromatic heterocycles. The van der Waals surface area contributed by atoms with E-state index in [1.165, 1.54) is 6.08 Å². The summed E-state index contributed by atoms with van der Waals surface area (Å²) in [6.07, 6.45) is 4.77. The molecule has 1 N–H and O–H groups in total. The van der Waals surface area contributed by atoms with Crippen molar-refractivity contribution in [3.63, 3.8) is 0 Å². The highest BCUT2D eigenvalue weighted by Crippen LogP contribution is 2.11. The molecule has 0 fully saturated rings. The summed E-state index contributed by atoms with van der Waals surface area (Å²) in [4.78, 5) is 16.2. The Kier molecular flexibility index (Phi) is 5.08. The van der Waals surface area contributed by atoms with Crippen LogP contribution in [0, 0.1) is 18.8 Å². The number of aryl methyl sites for hydroxylation is 1. The second-order valence-corrected chi connectivity index (χ2v) is 5.32. The van der Waals surface area contributed by atoms with E-state index >= 15 is 0 Å². The Morgan fingerprint density at radius 2 is 2.04 bits per heavy atom. The summed E-state index contributed by atoms with van der Waals surface area (Å²) in [7, 11) is 0. The number of nitrogens with one attached hydrogen (secondary N) is 1. The Balaban J connectivity index is 1.66. The van der Waals surface area contributed by atoms with E-state index in [1.54, 1.807) is 12.3 Å². The van der Waals surface area contributed by atoms with Crippen LogP contribution in [-0.2, 0) is 4.79 Å². The van der Waals surface area contributed by atoms with Gasteiger partial charge >= 0.3 is 0 Å². The summed E-state index contributed by atoms with van der Waals surface area (Å²) in [5.74, 6) is 7.24. The molecule has 25 heavy (non-hydrogen) atoms. The molecule has 0 atom stereocenters. The van der Waals surface area contributed by atoms with Crippen molar-refractivity contribution < 1.29 is 9.21 Å². The minimum absolute atomic E-state index is 0.233. The van der Waals surface area contributed by atoms with Crippen molar-refractivity contribution in [3.05, 3.63) is 89.6 Å². The first-order valence-electron chi connectivity index (χ1n) is 7.78. The summed E-state index contributed by atoms with van der Waals surface area (Å²) in [6.45, 7) is 1.86. The molecule has 2 heterocycles. The average molecular weight is 328 g/mol. The third kappa shape index (κ3) is 4.95. The topological polar surface area (TPSA) is 55.1 Å². The zero-order valence-corrected chi connectivity index (χ0v) is 13.7. The number of anilines is 1. The molecule has 122 valence electrons. The summed E-state index contributed by atoms with van der Waals surface area (Å²) >= 11 is 0. The highest BCUT2D eigenvalue weighted by atomic mass is 16.3. The van der Waals surface area contributed by atoms with Gasteiger partial charge in [-0.3, -0.25) is 4.79 Å². The fraction of sp³-hybridized carbons (Fsp3) is 0.0476. The predicted molar refractivity (Wildman–Crippen MR) is 97.8 cm³/mol. The minimum Gasteiger partial charge on any atom is -0.462 e. The Morgan fingerprint density at radius 3 is 2.80 bits per heavy atom. The van der Waals surface area contributed by atoms with Crippen LogP contribution in [0.3, 0.4) is 0 Å². The highest BCUT2D eigenvalue weighted by Gasteiger charge is 2.00. The van der Waals surface area contributed by atoms with Crippen LogP contribution >= 0.6 is 0 Å². The fourth-order valence-corrected chi connectivity index (χ4v) is 2.13. The standard InChI is InChI=1S/C21H16N2O2/c1-16-8-11-20(25-16)12-13-21(24)23-19-7-4-5-17(15-19)9-10-18-6-2-3-14-22-18/h2-8,11-15H,1H3,(H,23,24)/b13-12-. The van der Waals surface area contributed by atoms with Gasteiger partial charge in [0.1, 0.15) is 17.2 Å². The molecule has 0 aliphatic rings.